The van der Waals surface area contributed by atoms with Crippen molar-refractivity contribution < 1.29 is 14.6 Å². The van der Waals surface area contributed by atoms with Gasteiger partial charge in [-0.15, -0.1) is 0 Å². The third-order valence-electron chi connectivity index (χ3n) is 3.88. The summed E-state index contributed by atoms with van der Waals surface area (Å²) in [5.41, 5.74) is 1.55. The molecule has 3 rings (SSSR count). The van der Waals surface area contributed by atoms with Crippen LogP contribution in [0.2, 0.25) is 5.02 Å². The van der Waals surface area contributed by atoms with Gasteiger partial charge in [0, 0.05) is 10.6 Å². The summed E-state index contributed by atoms with van der Waals surface area (Å²) in [6.07, 6.45) is 1.55. The van der Waals surface area contributed by atoms with Crippen molar-refractivity contribution in [2.45, 2.75) is 13.5 Å². The Bertz CT molecular complexity index is 898. The highest BCUT2D eigenvalue weighted by Crippen LogP contribution is 2.32. The molecule has 134 valence electrons. The number of carbonyl (C=O) groups excluding carboxylic acids is 1. The molecule has 1 aliphatic rings. The van der Waals surface area contributed by atoms with Crippen LogP contribution in [0.25, 0.3) is 6.08 Å². The number of amides is 1. The molecule has 0 aliphatic carbocycles. The first kappa shape index (κ1) is 18.2. The lowest BCUT2D eigenvalue weighted by atomic mass is 10.1. The lowest BCUT2D eigenvalue weighted by Crippen LogP contribution is -2.30. The average molecular weight is 389 g/mol. The Balaban J connectivity index is 1.86. The highest BCUT2D eigenvalue weighted by Gasteiger charge is 2.31. The normalized spacial score (nSPS) is 15.5. The van der Waals surface area contributed by atoms with Gasteiger partial charge in [0.25, 0.3) is 5.91 Å². The van der Waals surface area contributed by atoms with E-state index in [0.29, 0.717) is 28.1 Å². The molecule has 2 N–H and O–H groups in total. The summed E-state index contributed by atoms with van der Waals surface area (Å²) < 4.78 is 5.37. The minimum Gasteiger partial charge on any atom is -0.504 e. The Hall–Kier alpha value is -2.57. The van der Waals surface area contributed by atoms with Crippen LogP contribution in [0.4, 0.5) is 0 Å². The van der Waals surface area contributed by atoms with E-state index in [4.69, 9.17) is 28.6 Å². The molecule has 2 aromatic rings. The molecule has 1 heterocycles. The lowest BCUT2D eigenvalue weighted by Gasteiger charge is -2.14. The first-order valence-corrected chi connectivity index (χ1v) is 8.82. The number of phenolic OH excluding ortho intramolecular Hbond substituents is 1. The van der Waals surface area contributed by atoms with Gasteiger partial charge in [0.2, 0.25) is 0 Å². The minimum atomic E-state index is -0.281. The maximum absolute atomic E-state index is 12.7. The van der Waals surface area contributed by atoms with Gasteiger partial charge in [-0.2, -0.15) is 0 Å². The Morgan fingerprint density at radius 3 is 2.77 bits per heavy atom. The van der Waals surface area contributed by atoms with Crippen molar-refractivity contribution in [3.8, 4) is 11.5 Å². The molecule has 0 spiro atoms. The molecule has 1 amide bonds. The van der Waals surface area contributed by atoms with Crippen molar-refractivity contribution in [1.29, 1.82) is 0 Å². The van der Waals surface area contributed by atoms with E-state index in [9.17, 15) is 9.90 Å². The second kappa shape index (κ2) is 7.76. The second-order valence-electron chi connectivity index (χ2n) is 5.60. The fraction of sp³-hybridized carbons (Fsp3) is 0.158. The first-order chi connectivity index (χ1) is 12.5. The topological polar surface area (TPSA) is 61.8 Å². The van der Waals surface area contributed by atoms with Crippen molar-refractivity contribution >= 4 is 40.9 Å². The summed E-state index contributed by atoms with van der Waals surface area (Å²) in [6.45, 7) is 2.53. The van der Waals surface area contributed by atoms with Gasteiger partial charge in [-0.1, -0.05) is 41.9 Å². The van der Waals surface area contributed by atoms with E-state index in [1.807, 2.05) is 25.1 Å². The lowest BCUT2D eigenvalue weighted by molar-refractivity contribution is -0.122. The van der Waals surface area contributed by atoms with Gasteiger partial charge < -0.3 is 15.2 Å². The van der Waals surface area contributed by atoms with Crippen LogP contribution in [0.5, 0.6) is 11.5 Å². The molecular weight excluding hydrogens is 372 g/mol. The Morgan fingerprint density at radius 2 is 2.04 bits per heavy atom. The Labute approximate surface area is 161 Å². The van der Waals surface area contributed by atoms with E-state index in [-0.39, 0.29) is 23.9 Å². The van der Waals surface area contributed by atoms with E-state index < -0.39 is 0 Å². The molecule has 1 aliphatic heterocycles. The molecule has 0 aromatic heterocycles. The van der Waals surface area contributed by atoms with Crippen LogP contribution in [-0.4, -0.2) is 27.6 Å². The number of hydrogen-bond donors (Lipinski definition) is 2. The quantitative estimate of drug-likeness (QED) is 0.604. The van der Waals surface area contributed by atoms with Crippen molar-refractivity contribution in [3.05, 3.63) is 64.3 Å². The Morgan fingerprint density at radius 1 is 1.27 bits per heavy atom. The van der Waals surface area contributed by atoms with Crippen LogP contribution < -0.4 is 10.1 Å². The van der Waals surface area contributed by atoms with Crippen molar-refractivity contribution in [1.82, 2.24) is 10.2 Å². The molecule has 0 saturated carbocycles. The number of nitrogens with one attached hydrogen (secondary N) is 1. The number of carbonyl (C=O) groups is 1. The third-order valence-corrected chi connectivity index (χ3v) is 4.57. The van der Waals surface area contributed by atoms with Crippen LogP contribution in [0, 0.1) is 0 Å². The number of hydrogen-bond acceptors (Lipinski definition) is 4. The van der Waals surface area contributed by atoms with Crippen molar-refractivity contribution in [2.24, 2.45) is 0 Å². The molecule has 5 nitrogen and oxygen atoms in total. The van der Waals surface area contributed by atoms with Gasteiger partial charge in [0.1, 0.15) is 5.70 Å². The summed E-state index contributed by atoms with van der Waals surface area (Å²) >= 11 is 11.4. The molecule has 0 radical (unpaired) electrons. The van der Waals surface area contributed by atoms with Crippen LogP contribution >= 0.6 is 23.8 Å². The number of aromatic hydroxyl groups is 1. The van der Waals surface area contributed by atoms with Crippen LogP contribution in [0.1, 0.15) is 18.1 Å². The number of para-hydroxylation sites is 1. The number of phenols is 1. The zero-order valence-corrected chi connectivity index (χ0v) is 15.6. The van der Waals surface area contributed by atoms with Crippen LogP contribution in [0.3, 0.4) is 0 Å². The molecule has 1 saturated heterocycles. The van der Waals surface area contributed by atoms with Gasteiger partial charge in [-0.05, 0) is 42.9 Å². The predicted molar refractivity (Wildman–Crippen MR) is 105 cm³/mol. The van der Waals surface area contributed by atoms with Gasteiger partial charge in [0.05, 0.1) is 13.2 Å². The van der Waals surface area contributed by atoms with Crippen molar-refractivity contribution in [3.63, 3.8) is 0 Å². The zero-order chi connectivity index (χ0) is 18.7. The van der Waals surface area contributed by atoms with E-state index in [1.165, 1.54) is 4.90 Å². The monoisotopic (exact) mass is 388 g/mol. The largest absolute Gasteiger partial charge is 0.504 e. The molecule has 2 aromatic carbocycles. The smallest absolute Gasteiger partial charge is 0.276 e. The number of benzene rings is 2. The number of nitrogens with zero attached hydrogens (tertiary/aromatic N) is 1. The fourth-order valence-electron chi connectivity index (χ4n) is 2.60. The highest BCUT2D eigenvalue weighted by molar-refractivity contribution is 7.80. The van der Waals surface area contributed by atoms with Gasteiger partial charge in [0.15, 0.2) is 16.6 Å². The number of rotatable bonds is 5. The summed E-state index contributed by atoms with van der Waals surface area (Å²) in [5, 5.41) is 14.1. The van der Waals surface area contributed by atoms with Gasteiger partial charge in [-0.3, -0.25) is 9.69 Å². The first-order valence-electron chi connectivity index (χ1n) is 8.04. The summed E-state index contributed by atoms with van der Waals surface area (Å²) in [7, 11) is 0. The predicted octanol–water partition coefficient (Wildman–Crippen LogP) is 3.70. The van der Waals surface area contributed by atoms with Gasteiger partial charge >= 0.3 is 0 Å². The second-order valence-corrected chi connectivity index (χ2v) is 6.39. The molecule has 7 heteroatoms. The van der Waals surface area contributed by atoms with E-state index in [0.717, 1.165) is 5.56 Å². The molecular formula is C19H17ClN2O3S. The average Bonchev–Trinajstić information content (AvgIpc) is 2.88. The molecule has 0 atom stereocenters. The maximum atomic E-state index is 12.7. The van der Waals surface area contributed by atoms with E-state index >= 15 is 0 Å². The van der Waals surface area contributed by atoms with Crippen molar-refractivity contribution in [2.75, 3.05) is 6.61 Å². The van der Waals surface area contributed by atoms with Crippen LogP contribution in [0.15, 0.2) is 48.2 Å². The number of halogens is 1. The van der Waals surface area contributed by atoms with Gasteiger partial charge in [-0.25, -0.2) is 0 Å². The summed E-state index contributed by atoms with van der Waals surface area (Å²) in [4.78, 5) is 14.1. The third kappa shape index (κ3) is 3.66. The highest BCUT2D eigenvalue weighted by atomic mass is 35.5. The zero-order valence-electron chi connectivity index (χ0n) is 14.0. The molecule has 1 fully saturated rings. The molecule has 0 bridgehead atoms. The Kier molecular flexibility index (Phi) is 5.44. The molecule has 0 unspecified atom stereocenters. The summed E-state index contributed by atoms with van der Waals surface area (Å²) in [5.74, 6) is 0.0610. The summed E-state index contributed by atoms with van der Waals surface area (Å²) in [6, 6.07) is 12.4. The maximum Gasteiger partial charge on any atom is 0.276 e. The standard InChI is InChI=1S/C19H17ClN2O3S/c1-2-25-16-9-5-7-12(17(16)23)10-15-18(24)22(19(26)21-15)11-13-6-3-4-8-14(13)20/h3-10,23H,2,11H2,1H3,(H,21,26)/b15-10+. The number of thiocarbonyl (C=S) groups is 1. The minimum absolute atomic E-state index is 0.0214. The van der Waals surface area contributed by atoms with E-state index in [2.05, 4.69) is 5.32 Å². The van der Waals surface area contributed by atoms with E-state index in [1.54, 1.807) is 30.3 Å². The number of ether oxygens (including phenoxy) is 1. The molecule has 26 heavy (non-hydrogen) atoms. The van der Waals surface area contributed by atoms with Crippen LogP contribution in [-0.2, 0) is 11.3 Å². The SMILES string of the molecule is CCOc1cccc(/C=C2/NC(=S)N(Cc3ccccc3Cl)C2=O)c1O. The fourth-order valence-corrected chi connectivity index (χ4v) is 3.05.